The summed E-state index contributed by atoms with van der Waals surface area (Å²) >= 11 is 1.66. The van der Waals surface area contributed by atoms with Crippen LogP contribution in [-0.4, -0.2) is 53.0 Å². The molecular formula is C16H30ClN3O2S. The quantitative estimate of drug-likeness (QED) is 0.805. The Kier molecular flexibility index (Phi) is 7.68. The van der Waals surface area contributed by atoms with Gasteiger partial charge in [0.1, 0.15) is 6.04 Å². The van der Waals surface area contributed by atoms with Crippen LogP contribution in [0.3, 0.4) is 0 Å². The van der Waals surface area contributed by atoms with Gasteiger partial charge in [0.15, 0.2) is 0 Å². The van der Waals surface area contributed by atoms with Gasteiger partial charge in [-0.2, -0.15) is 0 Å². The van der Waals surface area contributed by atoms with E-state index in [2.05, 4.69) is 38.3 Å². The highest BCUT2D eigenvalue weighted by molar-refractivity contribution is 7.99. The molecule has 23 heavy (non-hydrogen) atoms. The smallest absolute Gasteiger partial charge is 0.243 e. The van der Waals surface area contributed by atoms with Crippen molar-refractivity contribution in [1.29, 1.82) is 0 Å². The van der Waals surface area contributed by atoms with Crippen molar-refractivity contribution in [3.63, 3.8) is 0 Å². The van der Waals surface area contributed by atoms with Crippen molar-refractivity contribution in [2.24, 2.45) is 5.41 Å². The van der Waals surface area contributed by atoms with E-state index in [0.29, 0.717) is 24.1 Å². The number of halogens is 1. The average molecular weight is 364 g/mol. The fourth-order valence-corrected chi connectivity index (χ4v) is 4.16. The Hall–Kier alpha value is -0.460. The first-order chi connectivity index (χ1) is 10.3. The second-order valence-electron chi connectivity index (χ2n) is 7.62. The highest BCUT2D eigenvalue weighted by Crippen LogP contribution is 2.26. The number of nitrogens with one attached hydrogen (secondary N) is 2. The molecule has 0 aromatic rings. The van der Waals surface area contributed by atoms with Gasteiger partial charge < -0.3 is 15.5 Å². The third kappa shape index (κ3) is 5.84. The van der Waals surface area contributed by atoms with E-state index in [1.165, 1.54) is 0 Å². The third-order valence-corrected chi connectivity index (χ3v) is 5.29. The van der Waals surface area contributed by atoms with Gasteiger partial charge in [0.25, 0.3) is 0 Å². The normalized spacial score (nSPS) is 28.2. The molecule has 134 valence electrons. The van der Waals surface area contributed by atoms with Gasteiger partial charge in [0.05, 0.1) is 5.88 Å². The summed E-state index contributed by atoms with van der Waals surface area (Å²) in [5.41, 5.74) is -0.0484. The fraction of sp³-hybridized carbons (Fsp3) is 0.875. The van der Waals surface area contributed by atoms with Crippen molar-refractivity contribution in [2.45, 2.75) is 65.1 Å². The lowest BCUT2D eigenvalue weighted by atomic mass is 9.91. The van der Waals surface area contributed by atoms with E-state index < -0.39 is 0 Å². The maximum atomic E-state index is 12.6. The first-order valence-corrected chi connectivity index (χ1v) is 9.34. The van der Waals surface area contributed by atoms with Gasteiger partial charge in [-0.3, -0.25) is 9.59 Å². The lowest BCUT2D eigenvalue weighted by Gasteiger charge is -2.33. The molecule has 3 atom stereocenters. The van der Waals surface area contributed by atoms with E-state index in [9.17, 15) is 9.59 Å². The lowest BCUT2D eigenvalue weighted by Crippen LogP contribution is -2.56. The summed E-state index contributed by atoms with van der Waals surface area (Å²) in [5.74, 6) is 1.43. The largest absolute Gasteiger partial charge is 0.350 e. The Labute approximate surface area is 150 Å². The molecule has 0 aromatic heterocycles. The van der Waals surface area contributed by atoms with Gasteiger partial charge in [-0.05, 0) is 31.7 Å². The zero-order valence-corrected chi connectivity index (χ0v) is 16.2. The van der Waals surface area contributed by atoms with Crippen LogP contribution in [0, 0.1) is 5.41 Å². The Morgan fingerprint density at radius 1 is 1.35 bits per heavy atom. The second-order valence-corrected chi connectivity index (χ2v) is 8.62. The summed E-state index contributed by atoms with van der Waals surface area (Å²) in [6.07, 6.45) is 2.58. The summed E-state index contributed by atoms with van der Waals surface area (Å²) in [6.45, 7) is 9.29. The number of piperidine rings is 1. The number of carbonyl (C=O) groups is 2. The number of hydrogen-bond donors (Lipinski definition) is 2. The molecule has 2 saturated heterocycles. The maximum absolute atomic E-state index is 12.6. The third-order valence-electron chi connectivity index (χ3n) is 4.28. The van der Waals surface area contributed by atoms with Crippen LogP contribution in [0.4, 0.5) is 0 Å². The Balaban J connectivity index is 0.00000264. The first kappa shape index (κ1) is 20.6. The minimum atomic E-state index is -0.311. The maximum Gasteiger partial charge on any atom is 0.243 e. The van der Waals surface area contributed by atoms with Gasteiger partial charge >= 0.3 is 0 Å². The molecule has 0 spiro atoms. The first-order valence-electron chi connectivity index (χ1n) is 8.19. The summed E-state index contributed by atoms with van der Waals surface area (Å²) in [6, 6.07) is 0.158. The molecule has 2 amide bonds. The molecule has 0 aliphatic carbocycles. The van der Waals surface area contributed by atoms with Crippen LogP contribution in [0.5, 0.6) is 0 Å². The number of hydrogen-bond acceptors (Lipinski definition) is 4. The Morgan fingerprint density at radius 3 is 2.65 bits per heavy atom. The van der Waals surface area contributed by atoms with Crippen LogP contribution in [0.2, 0.25) is 0 Å². The van der Waals surface area contributed by atoms with Crippen molar-refractivity contribution >= 4 is 36.0 Å². The molecule has 2 aliphatic rings. The van der Waals surface area contributed by atoms with Gasteiger partial charge in [0, 0.05) is 24.3 Å². The molecule has 0 aromatic carbocycles. The van der Waals surface area contributed by atoms with Gasteiger partial charge in [-0.1, -0.05) is 20.8 Å². The van der Waals surface area contributed by atoms with Crippen LogP contribution in [0.1, 0.15) is 47.0 Å². The topological polar surface area (TPSA) is 61.4 Å². The van der Waals surface area contributed by atoms with Crippen LogP contribution >= 0.6 is 24.2 Å². The summed E-state index contributed by atoms with van der Waals surface area (Å²) in [7, 11) is 0. The summed E-state index contributed by atoms with van der Waals surface area (Å²) < 4.78 is 0. The highest BCUT2D eigenvalue weighted by atomic mass is 35.5. The Bertz CT molecular complexity index is 428. The predicted molar refractivity (Wildman–Crippen MR) is 97.9 cm³/mol. The molecule has 0 radical (unpaired) electrons. The SMILES string of the molecule is CC1NCCCC1NC(=O)C1CSCN1C(=O)CC(C)(C)C.Cl. The molecule has 0 bridgehead atoms. The molecule has 2 heterocycles. The number of nitrogens with zero attached hydrogens (tertiary/aromatic N) is 1. The van der Waals surface area contributed by atoms with E-state index in [4.69, 9.17) is 0 Å². The number of thioether (sulfide) groups is 1. The van der Waals surface area contributed by atoms with E-state index in [-0.39, 0.29) is 41.7 Å². The minimum absolute atomic E-state index is 0. The van der Waals surface area contributed by atoms with Gasteiger partial charge in [-0.15, -0.1) is 24.2 Å². The van der Waals surface area contributed by atoms with Crippen molar-refractivity contribution in [3.8, 4) is 0 Å². The molecule has 3 unspecified atom stereocenters. The molecule has 2 N–H and O–H groups in total. The Morgan fingerprint density at radius 2 is 2.04 bits per heavy atom. The molecule has 2 rings (SSSR count). The second kappa shape index (κ2) is 8.58. The molecule has 7 heteroatoms. The number of carbonyl (C=O) groups excluding carboxylic acids is 2. The molecule has 0 saturated carbocycles. The van der Waals surface area contributed by atoms with Crippen molar-refractivity contribution in [2.75, 3.05) is 18.2 Å². The zero-order chi connectivity index (χ0) is 16.3. The standard InChI is InChI=1S/C16H29N3O2S.ClH/c1-11-12(6-5-7-17-11)18-15(21)13-9-22-10-19(13)14(20)8-16(2,3)4;/h11-13,17H,5-10H2,1-4H3,(H,18,21);1H. The molecule has 5 nitrogen and oxygen atoms in total. The summed E-state index contributed by atoms with van der Waals surface area (Å²) in [5, 5.41) is 6.54. The molecule has 2 aliphatic heterocycles. The number of amides is 2. The van der Waals surface area contributed by atoms with Gasteiger partial charge in [0.2, 0.25) is 11.8 Å². The van der Waals surface area contributed by atoms with Crippen LogP contribution in [0.25, 0.3) is 0 Å². The monoisotopic (exact) mass is 363 g/mol. The van der Waals surface area contributed by atoms with E-state index >= 15 is 0 Å². The molecule has 2 fully saturated rings. The van der Waals surface area contributed by atoms with Crippen molar-refractivity contribution in [1.82, 2.24) is 15.5 Å². The van der Waals surface area contributed by atoms with E-state index in [1.54, 1.807) is 16.7 Å². The van der Waals surface area contributed by atoms with Crippen LogP contribution < -0.4 is 10.6 Å². The molecular weight excluding hydrogens is 334 g/mol. The van der Waals surface area contributed by atoms with Crippen molar-refractivity contribution < 1.29 is 9.59 Å². The van der Waals surface area contributed by atoms with Crippen LogP contribution in [0.15, 0.2) is 0 Å². The average Bonchev–Trinajstić information content (AvgIpc) is 2.89. The summed E-state index contributed by atoms with van der Waals surface area (Å²) in [4.78, 5) is 26.8. The van der Waals surface area contributed by atoms with Gasteiger partial charge in [-0.25, -0.2) is 0 Å². The fourth-order valence-electron chi connectivity index (χ4n) is 2.98. The van der Waals surface area contributed by atoms with Crippen molar-refractivity contribution in [3.05, 3.63) is 0 Å². The van der Waals surface area contributed by atoms with Crippen LogP contribution in [-0.2, 0) is 9.59 Å². The van der Waals surface area contributed by atoms with E-state index in [1.807, 2.05) is 0 Å². The predicted octanol–water partition coefficient (Wildman–Crippen LogP) is 2.00. The zero-order valence-electron chi connectivity index (χ0n) is 14.6. The van der Waals surface area contributed by atoms with E-state index in [0.717, 1.165) is 19.4 Å². The minimum Gasteiger partial charge on any atom is -0.350 e. The lowest BCUT2D eigenvalue weighted by molar-refractivity contribution is -0.139. The highest BCUT2D eigenvalue weighted by Gasteiger charge is 2.37. The number of rotatable bonds is 3.